The van der Waals surface area contributed by atoms with Gasteiger partial charge in [0.1, 0.15) is 0 Å². The van der Waals surface area contributed by atoms with Crippen molar-refractivity contribution in [2.45, 2.75) is 0 Å². The fourth-order valence-electron chi connectivity index (χ4n) is 2.84. The van der Waals surface area contributed by atoms with Crippen LogP contribution in [0.1, 0.15) is 0 Å². The van der Waals surface area contributed by atoms with E-state index in [9.17, 15) is 10.0 Å². The quantitative estimate of drug-likeness (QED) is 0.489. The first-order valence-corrected chi connectivity index (χ1v) is 5.87. The summed E-state index contributed by atoms with van der Waals surface area (Å²) in [6.07, 6.45) is 0. The second-order valence-electron chi connectivity index (χ2n) is 4.54. The molecule has 4 rings (SSSR count). The molecule has 0 spiro atoms. The van der Waals surface area contributed by atoms with Gasteiger partial charge in [-0.3, -0.25) is 0 Å². The molecule has 2 aromatic carbocycles. The Kier molecular flexibility index (Phi) is 1.80. The van der Waals surface area contributed by atoms with E-state index in [-0.39, 0.29) is 0 Å². The third kappa shape index (κ3) is 1.06. The zero-order valence-corrected chi connectivity index (χ0v) is 9.54. The van der Waals surface area contributed by atoms with Crippen LogP contribution in [0.5, 0.6) is 0 Å². The van der Waals surface area contributed by atoms with Crippen molar-refractivity contribution in [2.24, 2.45) is 0 Å². The minimum Gasteiger partial charge on any atom is -0.422 e. The van der Waals surface area contributed by atoms with Gasteiger partial charge in [-0.2, -0.15) is 0 Å². The van der Waals surface area contributed by atoms with Gasteiger partial charge in [-0.15, -0.1) is 0 Å². The summed E-state index contributed by atoms with van der Waals surface area (Å²) in [5.74, 6) is 0. The number of para-hydroxylation sites is 2. The van der Waals surface area contributed by atoms with Gasteiger partial charge in [0.25, 0.3) is 0 Å². The van der Waals surface area contributed by atoms with Crippen LogP contribution in [0, 0.1) is 0 Å². The molecule has 0 bridgehead atoms. The third-order valence-electron chi connectivity index (χ3n) is 3.55. The van der Waals surface area contributed by atoms with Crippen molar-refractivity contribution in [3.8, 4) is 0 Å². The van der Waals surface area contributed by atoms with E-state index >= 15 is 0 Å². The fourth-order valence-corrected chi connectivity index (χ4v) is 2.84. The van der Waals surface area contributed by atoms with Gasteiger partial charge in [-0.1, -0.05) is 36.4 Å². The van der Waals surface area contributed by atoms with E-state index in [0.717, 1.165) is 27.2 Å². The molecule has 4 aromatic rings. The minimum atomic E-state index is -1.46. The Morgan fingerprint density at radius 2 is 1.67 bits per heavy atom. The molecule has 18 heavy (non-hydrogen) atoms. The van der Waals surface area contributed by atoms with E-state index in [1.54, 1.807) is 0 Å². The molecule has 0 amide bonds. The average molecular weight is 235 g/mol. The van der Waals surface area contributed by atoms with Gasteiger partial charge in [-0.25, -0.2) is 0 Å². The van der Waals surface area contributed by atoms with Crippen LogP contribution in [0.25, 0.3) is 27.2 Å². The zero-order chi connectivity index (χ0) is 12.3. The van der Waals surface area contributed by atoms with Gasteiger partial charge in [0.15, 0.2) is 0 Å². The molecule has 0 fully saturated rings. The van der Waals surface area contributed by atoms with Crippen LogP contribution in [0.15, 0.2) is 48.5 Å². The highest BCUT2D eigenvalue weighted by atomic mass is 16.4. The molecule has 4 heteroatoms. The maximum Gasteiger partial charge on any atom is 0.506 e. The van der Waals surface area contributed by atoms with Gasteiger partial charge in [-0.05, 0) is 12.1 Å². The lowest BCUT2D eigenvalue weighted by Crippen LogP contribution is -2.33. The molecule has 2 aromatic heterocycles. The van der Waals surface area contributed by atoms with Crippen LogP contribution in [-0.2, 0) is 0 Å². The van der Waals surface area contributed by atoms with Crippen molar-refractivity contribution in [1.82, 2.24) is 4.40 Å². The van der Waals surface area contributed by atoms with Gasteiger partial charge in [0.05, 0.1) is 16.6 Å². The first-order valence-electron chi connectivity index (χ1n) is 5.87. The summed E-state index contributed by atoms with van der Waals surface area (Å²) in [7, 11) is -1.46. The van der Waals surface area contributed by atoms with Gasteiger partial charge >= 0.3 is 7.12 Å². The summed E-state index contributed by atoms with van der Waals surface area (Å²) >= 11 is 0. The Labute approximate surface area is 103 Å². The molecule has 86 valence electrons. The SMILES string of the molecule is OB(O)c1cc2cccc3c4ccccc4n1c23. The Morgan fingerprint density at radius 3 is 2.50 bits per heavy atom. The topological polar surface area (TPSA) is 44.9 Å². The van der Waals surface area contributed by atoms with Gasteiger partial charge in [0.2, 0.25) is 0 Å². The number of nitrogens with zero attached hydrogens (tertiary/aromatic N) is 1. The van der Waals surface area contributed by atoms with E-state index in [4.69, 9.17) is 0 Å². The number of aromatic nitrogens is 1. The molecule has 0 saturated carbocycles. The van der Waals surface area contributed by atoms with Crippen LogP contribution < -0.4 is 5.59 Å². The van der Waals surface area contributed by atoms with Crippen LogP contribution in [-0.4, -0.2) is 21.6 Å². The molecule has 0 aliphatic rings. The summed E-state index contributed by atoms with van der Waals surface area (Å²) in [6, 6.07) is 15.9. The van der Waals surface area contributed by atoms with Crippen molar-refractivity contribution >= 4 is 39.9 Å². The minimum absolute atomic E-state index is 0.516. The van der Waals surface area contributed by atoms with E-state index in [2.05, 4.69) is 12.1 Å². The van der Waals surface area contributed by atoms with E-state index < -0.39 is 7.12 Å². The maximum atomic E-state index is 9.52. The molecule has 2 heterocycles. The molecule has 0 atom stereocenters. The largest absolute Gasteiger partial charge is 0.506 e. The lowest BCUT2D eigenvalue weighted by molar-refractivity contribution is 0.424. The van der Waals surface area contributed by atoms with Gasteiger partial charge < -0.3 is 14.4 Å². The normalized spacial score (nSPS) is 11.9. The summed E-state index contributed by atoms with van der Waals surface area (Å²) in [5.41, 5.74) is 2.58. The summed E-state index contributed by atoms with van der Waals surface area (Å²) < 4.78 is 1.94. The van der Waals surface area contributed by atoms with Crippen molar-refractivity contribution in [3.63, 3.8) is 0 Å². The van der Waals surface area contributed by atoms with E-state index in [0.29, 0.717) is 5.59 Å². The summed E-state index contributed by atoms with van der Waals surface area (Å²) in [4.78, 5) is 0. The van der Waals surface area contributed by atoms with Crippen molar-refractivity contribution in [3.05, 3.63) is 48.5 Å². The number of benzene rings is 2. The fraction of sp³-hybridized carbons (Fsp3) is 0. The summed E-state index contributed by atoms with van der Waals surface area (Å²) in [6.45, 7) is 0. The van der Waals surface area contributed by atoms with Crippen molar-refractivity contribution in [2.75, 3.05) is 0 Å². The number of fused-ring (bicyclic) bond motifs is 3. The maximum absolute atomic E-state index is 9.52. The van der Waals surface area contributed by atoms with Gasteiger partial charge in [0, 0.05) is 16.2 Å². The Morgan fingerprint density at radius 1 is 0.889 bits per heavy atom. The molecule has 0 saturated heterocycles. The molecule has 0 aliphatic heterocycles. The Hall–Kier alpha value is -2.04. The lowest BCUT2D eigenvalue weighted by atomic mass is 9.86. The second kappa shape index (κ2) is 3.25. The van der Waals surface area contributed by atoms with Crippen molar-refractivity contribution < 1.29 is 10.0 Å². The van der Waals surface area contributed by atoms with E-state index in [1.807, 2.05) is 40.8 Å². The Balaban J connectivity index is 2.39. The average Bonchev–Trinajstić information content (AvgIpc) is 2.92. The third-order valence-corrected chi connectivity index (χ3v) is 3.55. The molecule has 0 unspecified atom stereocenters. The smallest absolute Gasteiger partial charge is 0.422 e. The van der Waals surface area contributed by atoms with Crippen molar-refractivity contribution in [1.29, 1.82) is 0 Å². The second-order valence-corrected chi connectivity index (χ2v) is 4.54. The highest BCUT2D eigenvalue weighted by Crippen LogP contribution is 2.31. The van der Waals surface area contributed by atoms with Crippen LogP contribution in [0.2, 0.25) is 0 Å². The number of hydrogen-bond donors (Lipinski definition) is 2. The molecule has 2 N–H and O–H groups in total. The first kappa shape index (κ1) is 9.94. The first-order chi connectivity index (χ1) is 8.77. The highest BCUT2D eigenvalue weighted by Gasteiger charge is 2.21. The molecular weight excluding hydrogens is 225 g/mol. The number of hydrogen-bond acceptors (Lipinski definition) is 2. The monoisotopic (exact) mass is 235 g/mol. The predicted octanol–water partition coefficient (Wildman–Crippen LogP) is 1.36. The molecule has 3 nitrogen and oxygen atoms in total. The standard InChI is InChI=1S/C14H10BNO2/c17-15(18)13-8-9-4-3-6-11-10-5-1-2-7-12(10)16(13)14(9)11/h1-8,17-18H. The van der Waals surface area contributed by atoms with Crippen LogP contribution in [0.3, 0.4) is 0 Å². The summed E-state index contributed by atoms with van der Waals surface area (Å²) in [5, 5.41) is 22.4. The van der Waals surface area contributed by atoms with Crippen LogP contribution in [0.4, 0.5) is 0 Å². The zero-order valence-electron chi connectivity index (χ0n) is 9.54. The number of rotatable bonds is 1. The van der Waals surface area contributed by atoms with Crippen LogP contribution >= 0.6 is 0 Å². The lowest BCUT2D eigenvalue weighted by Gasteiger charge is -1.99. The molecule has 0 radical (unpaired) electrons. The molecule has 0 aliphatic carbocycles. The predicted molar refractivity (Wildman–Crippen MR) is 73.4 cm³/mol. The van der Waals surface area contributed by atoms with E-state index in [1.165, 1.54) is 0 Å². The molecular formula is C14H10BNO2. The highest BCUT2D eigenvalue weighted by molar-refractivity contribution is 6.58. The Bertz CT molecular complexity index is 866.